The van der Waals surface area contributed by atoms with Crippen molar-refractivity contribution in [3.63, 3.8) is 0 Å². The maximum absolute atomic E-state index is 13.6. The quantitative estimate of drug-likeness (QED) is 0.403. The molecule has 4 rings (SSSR count). The number of ether oxygens (including phenoxy) is 1. The Morgan fingerprint density at radius 3 is 2.80 bits per heavy atom. The average Bonchev–Trinajstić information content (AvgIpc) is 3.30. The number of hydrogen-bond acceptors (Lipinski definition) is 7. The van der Waals surface area contributed by atoms with E-state index in [2.05, 4.69) is 39.7 Å². The second-order valence-electron chi connectivity index (χ2n) is 8.35. The zero-order valence-corrected chi connectivity index (χ0v) is 20.3. The van der Waals surface area contributed by atoms with Crippen molar-refractivity contribution in [3.8, 4) is 5.75 Å². The lowest BCUT2D eigenvalue weighted by Gasteiger charge is -2.18. The molecule has 0 saturated carbocycles. The summed E-state index contributed by atoms with van der Waals surface area (Å²) in [6, 6.07) is 9.88. The summed E-state index contributed by atoms with van der Waals surface area (Å²) in [5.74, 6) is 0.671. The Kier molecular flexibility index (Phi) is 7.77. The maximum atomic E-state index is 13.6. The van der Waals surface area contributed by atoms with Crippen LogP contribution in [0.15, 0.2) is 48.8 Å². The van der Waals surface area contributed by atoms with Gasteiger partial charge in [-0.25, -0.2) is 9.37 Å². The minimum Gasteiger partial charge on any atom is -0.495 e. The molecule has 1 aliphatic rings. The van der Waals surface area contributed by atoms with Gasteiger partial charge in [0.1, 0.15) is 17.4 Å². The molecule has 1 atom stereocenters. The van der Waals surface area contributed by atoms with E-state index in [1.807, 2.05) is 0 Å². The van der Waals surface area contributed by atoms with Gasteiger partial charge in [-0.05, 0) is 55.1 Å². The highest BCUT2D eigenvalue weighted by molar-refractivity contribution is 5.95. The number of rotatable bonds is 10. The Morgan fingerprint density at radius 2 is 2.03 bits per heavy atom. The number of anilines is 3. The summed E-state index contributed by atoms with van der Waals surface area (Å²) in [6.07, 6.45) is 3.96. The van der Waals surface area contributed by atoms with Crippen LogP contribution in [-0.2, 0) is 6.42 Å². The van der Waals surface area contributed by atoms with Crippen LogP contribution in [0.25, 0.3) is 0 Å². The summed E-state index contributed by atoms with van der Waals surface area (Å²) in [4.78, 5) is 23.9. The first-order valence-corrected chi connectivity index (χ1v) is 11.8. The molecule has 8 nitrogen and oxygen atoms in total. The van der Waals surface area contributed by atoms with Gasteiger partial charge in [0.25, 0.3) is 5.91 Å². The van der Waals surface area contributed by atoms with Gasteiger partial charge in [0.15, 0.2) is 0 Å². The van der Waals surface area contributed by atoms with Crippen LogP contribution in [0.3, 0.4) is 0 Å². The van der Waals surface area contributed by atoms with Gasteiger partial charge in [0.05, 0.1) is 36.9 Å². The van der Waals surface area contributed by atoms with Gasteiger partial charge in [0.2, 0.25) is 0 Å². The number of carbonyl (C=O) groups excluding carboxylic acids is 1. The van der Waals surface area contributed by atoms with E-state index in [9.17, 15) is 9.18 Å². The smallest absolute Gasteiger partial charge is 0.251 e. The number of carbonyl (C=O) groups is 1. The molecule has 3 aromatic rings. The lowest BCUT2D eigenvalue weighted by atomic mass is 10.1. The first-order chi connectivity index (χ1) is 17.0. The number of halogens is 1. The van der Waals surface area contributed by atoms with Crippen LogP contribution in [0.4, 0.5) is 21.6 Å². The third kappa shape index (κ3) is 5.86. The van der Waals surface area contributed by atoms with Gasteiger partial charge >= 0.3 is 0 Å². The minimum atomic E-state index is -0.249. The van der Waals surface area contributed by atoms with Gasteiger partial charge in [-0.1, -0.05) is 13.8 Å². The summed E-state index contributed by atoms with van der Waals surface area (Å²) in [5.41, 5.74) is 3.76. The van der Waals surface area contributed by atoms with E-state index < -0.39 is 0 Å². The van der Waals surface area contributed by atoms with Gasteiger partial charge in [-0.3, -0.25) is 9.78 Å². The number of methoxy groups -OCH3 is 1. The van der Waals surface area contributed by atoms with Crippen molar-refractivity contribution in [3.05, 3.63) is 71.4 Å². The molecule has 35 heavy (non-hydrogen) atoms. The van der Waals surface area contributed by atoms with Gasteiger partial charge in [0, 0.05) is 30.8 Å². The molecule has 0 bridgehead atoms. The number of likely N-dealkylation sites (N-methyl/N-ethyl adjacent to an activating group) is 1. The van der Waals surface area contributed by atoms with Crippen LogP contribution in [0.5, 0.6) is 5.75 Å². The van der Waals surface area contributed by atoms with Crippen molar-refractivity contribution in [2.45, 2.75) is 26.3 Å². The van der Waals surface area contributed by atoms with Gasteiger partial charge < -0.3 is 25.6 Å². The number of hydrogen-bond donors (Lipinski definition) is 3. The molecule has 0 spiro atoms. The molecule has 1 amide bonds. The van der Waals surface area contributed by atoms with Crippen molar-refractivity contribution in [2.75, 3.05) is 43.9 Å². The number of benzene rings is 2. The highest BCUT2D eigenvalue weighted by Gasteiger charge is 2.24. The van der Waals surface area contributed by atoms with E-state index in [-0.39, 0.29) is 17.8 Å². The van der Waals surface area contributed by atoms with Gasteiger partial charge in [-0.2, -0.15) is 0 Å². The molecule has 0 fully saturated rings. The normalized spacial score (nSPS) is 14.4. The molecule has 0 radical (unpaired) electrons. The first-order valence-electron chi connectivity index (χ1n) is 11.8. The number of nitrogens with zero attached hydrogens (tertiary/aromatic N) is 3. The summed E-state index contributed by atoms with van der Waals surface area (Å²) < 4.78 is 19.1. The first kappa shape index (κ1) is 24.4. The SMILES string of the molecule is CCN(CC)CCNC(=O)c1ccc(Nc2cncc(C3Cc4cc(F)ccc4N3)n2)c(OC)c1. The zero-order chi connectivity index (χ0) is 24.8. The molecule has 184 valence electrons. The average molecular weight is 479 g/mol. The van der Waals surface area contributed by atoms with Crippen molar-refractivity contribution < 1.29 is 13.9 Å². The standard InChI is InChI=1S/C26H31FN6O2/c1-4-33(5-2)11-10-29-26(34)17-6-8-21(24(14-17)35-3)31-25-16-28-15-23(32-25)22-13-18-12-19(27)7-9-20(18)30-22/h6-9,12,14-16,22,30H,4-5,10-11,13H2,1-3H3,(H,29,34)(H,31,32). The summed E-state index contributed by atoms with van der Waals surface area (Å²) >= 11 is 0. The number of amides is 1. The van der Waals surface area contributed by atoms with E-state index in [1.54, 1.807) is 49.8 Å². The van der Waals surface area contributed by atoms with Crippen LogP contribution in [-0.4, -0.2) is 54.1 Å². The predicted octanol–water partition coefficient (Wildman–Crippen LogP) is 4.15. The Morgan fingerprint density at radius 1 is 1.20 bits per heavy atom. The topological polar surface area (TPSA) is 91.4 Å². The summed E-state index contributed by atoms with van der Waals surface area (Å²) in [6.45, 7) is 7.50. The van der Waals surface area contributed by atoms with Crippen LogP contribution in [0.2, 0.25) is 0 Å². The van der Waals surface area contributed by atoms with Crippen LogP contribution in [0.1, 0.15) is 41.5 Å². The highest BCUT2D eigenvalue weighted by Crippen LogP contribution is 2.34. The van der Waals surface area contributed by atoms with Crippen LogP contribution >= 0.6 is 0 Å². The Balaban J connectivity index is 1.42. The largest absolute Gasteiger partial charge is 0.495 e. The maximum Gasteiger partial charge on any atom is 0.251 e. The Bertz CT molecular complexity index is 1180. The molecule has 1 aliphatic heterocycles. The van der Waals surface area contributed by atoms with E-state index in [4.69, 9.17) is 9.72 Å². The second-order valence-corrected chi connectivity index (χ2v) is 8.35. The van der Waals surface area contributed by atoms with E-state index in [0.29, 0.717) is 35.8 Å². The molecule has 9 heteroatoms. The molecule has 0 saturated heterocycles. The third-order valence-corrected chi connectivity index (χ3v) is 6.17. The summed E-state index contributed by atoms with van der Waals surface area (Å²) in [7, 11) is 1.56. The van der Waals surface area contributed by atoms with Crippen molar-refractivity contribution in [2.24, 2.45) is 0 Å². The van der Waals surface area contributed by atoms with Crippen LogP contribution in [0, 0.1) is 5.82 Å². The highest BCUT2D eigenvalue weighted by atomic mass is 19.1. The minimum absolute atomic E-state index is 0.0923. The fraction of sp³-hybridized carbons (Fsp3) is 0.346. The Labute approximate surface area is 204 Å². The molecule has 2 heterocycles. The lowest BCUT2D eigenvalue weighted by molar-refractivity contribution is 0.0948. The third-order valence-electron chi connectivity index (χ3n) is 6.17. The molecule has 3 N–H and O–H groups in total. The van der Waals surface area contributed by atoms with Crippen molar-refractivity contribution in [1.82, 2.24) is 20.2 Å². The zero-order valence-electron chi connectivity index (χ0n) is 20.3. The second kappa shape index (κ2) is 11.1. The molecular formula is C26H31FN6O2. The van der Waals surface area contributed by atoms with Crippen molar-refractivity contribution >= 4 is 23.1 Å². The molecule has 1 aromatic heterocycles. The number of aromatic nitrogens is 2. The van der Waals surface area contributed by atoms with Crippen molar-refractivity contribution in [1.29, 1.82) is 0 Å². The fourth-order valence-electron chi connectivity index (χ4n) is 4.16. The predicted molar refractivity (Wildman–Crippen MR) is 135 cm³/mol. The molecule has 1 unspecified atom stereocenters. The fourth-order valence-corrected chi connectivity index (χ4v) is 4.16. The number of fused-ring (bicyclic) bond motifs is 1. The molecule has 2 aromatic carbocycles. The molecule has 0 aliphatic carbocycles. The van der Waals surface area contributed by atoms with Crippen LogP contribution < -0.4 is 20.7 Å². The number of nitrogens with one attached hydrogen (secondary N) is 3. The van der Waals surface area contributed by atoms with Gasteiger partial charge in [-0.15, -0.1) is 0 Å². The van der Waals surface area contributed by atoms with E-state index in [0.717, 1.165) is 36.6 Å². The Hall–Kier alpha value is -3.72. The molecular weight excluding hydrogens is 447 g/mol. The summed E-state index contributed by atoms with van der Waals surface area (Å²) in [5, 5.41) is 9.56. The monoisotopic (exact) mass is 478 g/mol. The van der Waals surface area contributed by atoms with E-state index >= 15 is 0 Å². The lowest BCUT2D eigenvalue weighted by Crippen LogP contribution is -2.34. The van der Waals surface area contributed by atoms with E-state index in [1.165, 1.54) is 6.07 Å².